The summed E-state index contributed by atoms with van der Waals surface area (Å²) in [6.45, 7) is 7.65. The standard InChI is InChI=1S/C30H34N2O6/c1-3-5-8-18-37-29(36)24-23-13-14-30(38-23)25(24)27(34)32(16-17-33)26(30)28(35)31(15-4-2)22-12-11-20-9-6-7-10-21(20)19-22/h3-4,6-7,9-12,19,23-26,33H,1-2,5,8,13-18H2/t23-,24+,25+,26?,30?/m1/s1. The SMILES string of the molecule is C=CCCCOC(=O)[C@@H]1[C@H]2C(=O)N(CCO)C(C(=O)N(CC=C)c3ccc4ccccc4c3)C23CC[C@H]1O3. The largest absolute Gasteiger partial charge is 0.465 e. The van der Waals surface area contributed by atoms with Gasteiger partial charge in [-0.3, -0.25) is 14.4 Å². The lowest BCUT2D eigenvalue weighted by molar-refractivity contribution is -0.155. The van der Waals surface area contributed by atoms with E-state index in [0.29, 0.717) is 24.9 Å². The predicted octanol–water partition coefficient (Wildman–Crippen LogP) is 3.24. The summed E-state index contributed by atoms with van der Waals surface area (Å²) < 4.78 is 12.0. The number of fused-ring (bicyclic) bond motifs is 2. The van der Waals surface area contributed by atoms with Crippen molar-refractivity contribution in [3.8, 4) is 0 Å². The van der Waals surface area contributed by atoms with Crippen molar-refractivity contribution >= 4 is 34.2 Å². The second kappa shape index (κ2) is 10.7. The number of carbonyl (C=O) groups excluding carboxylic acids is 3. The van der Waals surface area contributed by atoms with Gasteiger partial charge in [-0.1, -0.05) is 42.5 Å². The molecule has 3 aliphatic rings. The lowest BCUT2D eigenvalue weighted by Gasteiger charge is -2.36. The van der Waals surface area contributed by atoms with Crippen LogP contribution in [0.4, 0.5) is 5.69 Å². The van der Waals surface area contributed by atoms with Gasteiger partial charge < -0.3 is 24.4 Å². The highest BCUT2D eigenvalue weighted by atomic mass is 16.6. The number of allylic oxidation sites excluding steroid dienone is 1. The highest BCUT2D eigenvalue weighted by molar-refractivity contribution is 6.05. The number of ether oxygens (including phenoxy) is 2. The van der Waals surface area contributed by atoms with Crippen LogP contribution in [0.1, 0.15) is 25.7 Å². The summed E-state index contributed by atoms with van der Waals surface area (Å²) in [5, 5.41) is 11.8. The van der Waals surface area contributed by atoms with Crippen molar-refractivity contribution in [2.24, 2.45) is 11.8 Å². The van der Waals surface area contributed by atoms with Gasteiger partial charge >= 0.3 is 5.97 Å². The van der Waals surface area contributed by atoms with Crippen LogP contribution in [0.2, 0.25) is 0 Å². The molecule has 5 rings (SSSR count). The zero-order chi connectivity index (χ0) is 26.9. The summed E-state index contributed by atoms with van der Waals surface area (Å²) in [6, 6.07) is 12.7. The third kappa shape index (κ3) is 4.22. The van der Waals surface area contributed by atoms with Crippen molar-refractivity contribution < 1.29 is 29.0 Å². The number of hydrogen-bond acceptors (Lipinski definition) is 6. The molecule has 3 aliphatic heterocycles. The molecule has 3 saturated heterocycles. The third-order valence-corrected chi connectivity index (χ3v) is 8.07. The Labute approximate surface area is 222 Å². The molecule has 2 bridgehead atoms. The predicted molar refractivity (Wildman–Crippen MR) is 143 cm³/mol. The first-order chi connectivity index (χ1) is 18.5. The molecule has 8 heteroatoms. The molecule has 0 aliphatic carbocycles. The van der Waals surface area contributed by atoms with Gasteiger partial charge in [-0.05, 0) is 48.6 Å². The Bertz CT molecular complexity index is 1260. The Morgan fingerprint density at radius 1 is 1.18 bits per heavy atom. The molecule has 2 aromatic rings. The molecule has 0 aromatic heterocycles. The number of rotatable bonds is 11. The number of amides is 2. The Hall–Kier alpha value is -3.49. The fraction of sp³-hybridized carbons (Fsp3) is 0.433. The minimum Gasteiger partial charge on any atom is -0.465 e. The van der Waals surface area contributed by atoms with Gasteiger partial charge in [0.1, 0.15) is 11.6 Å². The number of hydrogen-bond donors (Lipinski definition) is 1. The fourth-order valence-corrected chi connectivity index (χ4v) is 6.49. The molecule has 3 heterocycles. The third-order valence-electron chi connectivity index (χ3n) is 8.07. The fourth-order valence-electron chi connectivity index (χ4n) is 6.49. The number of β-amino-alcohol motifs (C(OH)–C–C–N with tert-alkyl or cyclic N) is 1. The van der Waals surface area contributed by atoms with Gasteiger partial charge in [0.15, 0.2) is 0 Å². The van der Waals surface area contributed by atoms with E-state index in [1.807, 2.05) is 42.5 Å². The topological polar surface area (TPSA) is 96.4 Å². The number of carbonyl (C=O) groups is 3. The molecular weight excluding hydrogens is 484 g/mol. The van der Waals surface area contributed by atoms with Crippen molar-refractivity contribution in [1.82, 2.24) is 4.90 Å². The summed E-state index contributed by atoms with van der Waals surface area (Å²) in [4.78, 5) is 44.3. The number of likely N-dealkylation sites (tertiary alicyclic amines) is 1. The number of aliphatic hydroxyl groups is 1. The van der Waals surface area contributed by atoms with Gasteiger partial charge in [0.25, 0.3) is 5.91 Å². The summed E-state index contributed by atoms with van der Waals surface area (Å²) in [7, 11) is 0. The van der Waals surface area contributed by atoms with Crippen LogP contribution in [0.5, 0.6) is 0 Å². The number of esters is 1. The van der Waals surface area contributed by atoms with Crippen molar-refractivity contribution in [2.45, 2.75) is 43.4 Å². The van der Waals surface area contributed by atoms with Crippen LogP contribution < -0.4 is 4.90 Å². The second-order valence-corrected chi connectivity index (χ2v) is 10.2. The van der Waals surface area contributed by atoms with E-state index in [0.717, 1.165) is 17.2 Å². The van der Waals surface area contributed by atoms with E-state index < -0.39 is 35.6 Å². The number of benzene rings is 2. The van der Waals surface area contributed by atoms with Crippen molar-refractivity contribution in [3.05, 3.63) is 67.8 Å². The number of anilines is 1. The zero-order valence-corrected chi connectivity index (χ0v) is 21.5. The smallest absolute Gasteiger partial charge is 0.312 e. The van der Waals surface area contributed by atoms with Crippen LogP contribution in [-0.4, -0.2) is 71.8 Å². The minimum atomic E-state index is -1.14. The first-order valence-electron chi connectivity index (χ1n) is 13.2. The first kappa shape index (κ1) is 26.1. The van der Waals surface area contributed by atoms with Crippen LogP contribution in [0, 0.1) is 11.8 Å². The molecule has 2 aromatic carbocycles. The van der Waals surface area contributed by atoms with Gasteiger partial charge in [0, 0.05) is 18.8 Å². The lowest BCUT2D eigenvalue weighted by Crippen LogP contribution is -2.56. The maximum absolute atomic E-state index is 14.3. The van der Waals surface area contributed by atoms with E-state index in [2.05, 4.69) is 13.2 Å². The number of aliphatic hydroxyl groups excluding tert-OH is 1. The Balaban J connectivity index is 1.49. The van der Waals surface area contributed by atoms with Crippen molar-refractivity contribution in [2.75, 3.05) is 31.2 Å². The average Bonchev–Trinajstić information content (AvgIpc) is 3.57. The lowest BCUT2D eigenvalue weighted by atomic mass is 9.70. The molecule has 38 heavy (non-hydrogen) atoms. The number of nitrogens with zero attached hydrogens (tertiary/aromatic N) is 2. The molecule has 2 unspecified atom stereocenters. The average molecular weight is 519 g/mol. The summed E-state index contributed by atoms with van der Waals surface area (Å²) >= 11 is 0. The molecule has 5 atom stereocenters. The molecule has 3 fully saturated rings. The van der Waals surface area contributed by atoms with E-state index >= 15 is 0 Å². The molecule has 0 saturated carbocycles. The summed E-state index contributed by atoms with van der Waals surface area (Å²) in [6.07, 6.45) is 5.34. The highest BCUT2D eigenvalue weighted by Gasteiger charge is 2.75. The summed E-state index contributed by atoms with van der Waals surface area (Å²) in [5.74, 6) is -2.72. The highest BCUT2D eigenvalue weighted by Crippen LogP contribution is 2.58. The maximum atomic E-state index is 14.3. The van der Waals surface area contributed by atoms with E-state index in [1.165, 1.54) is 4.90 Å². The monoisotopic (exact) mass is 518 g/mol. The van der Waals surface area contributed by atoms with Gasteiger partial charge in [-0.2, -0.15) is 0 Å². The first-order valence-corrected chi connectivity index (χ1v) is 13.2. The van der Waals surface area contributed by atoms with Crippen LogP contribution >= 0.6 is 0 Å². The molecule has 200 valence electrons. The maximum Gasteiger partial charge on any atom is 0.312 e. The second-order valence-electron chi connectivity index (χ2n) is 10.2. The van der Waals surface area contributed by atoms with Crippen LogP contribution in [0.3, 0.4) is 0 Å². The van der Waals surface area contributed by atoms with Crippen LogP contribution in [0.15, 0.2) is 67.8 Å². The quantitative estimate of drug-likeness (QED) is 0.279. The molecule has 8 nitrogen and oxygen atoms in total. The Morgan fingerprint density at radius 2 is 1.97 bits per heavy atom. The summed E-state index contributed by atoms with van der Waals surface area (Å²) in [5.41, 5.74) is -0.467. The minimum absolute atomic E-state index is 0.0255. The molecular formula is C30H34N2O6. The van der Waals surface area contributed by atoms with E-state index in [9.17, 15) is 19.5 Å². The van der Waals surface area contributed by atoms with Crippen molar-refractivity contribution in [1.29, 1.82) is 0 Å². The Morgan fingerprint density at radius 3 is 2.71 bits per heavy atom. The van der Waals surface area contributed by atoms with Crippen LogP contribution in [-0.2, 0) is 23.9 Å². The Kier molecular flexibility index (Phi) is 7.36. The van der Waals surface area contributed by atoms with E-state index in [1.54, 1.807) is 17.1 Å². The molecule has 2 amide bonds. The molecule has 1 N–H and O–H groups in total. The van der Waals surface area contributed by atoms with E-state index in [4.69, 9.17) is 9.47 Å². The molecule has 0 radical (unpaired) electrons. The van der Waals surface area contributed by atoms with Gasteiger partial charge in [0.05, 0.1) is 31.2 Å². The normalized spacial score (nSPS) is 27.4. The van der Waals surface area contributed by atoms with E-state index in [-0.39, 0.29) is 38.1 Å². The zero-order valence-electron chi connectivity index (χ0n) is 21.5. The number of unbranched alkanes of at least 4 members (excludes halogenated alkanes) is 1. The van der Waals surface area contributed by atoms with Crippen LogP contribution in [0.25, 0.3) is 10.8 Å². The van der Waals surface area contributed by atoms with Gasteiger partial charge in [0.2, 0.25) is 5.91 Å². The molecule has 1 spiro atoms. The van der Waals surface area contributed by atoms with Gasteiger partial charge in [-0.25, -0.2) is 0 Å². The van der Waals surface area contributed by atoms with Crippen molar-refractivity contribution in [3.63, 3.8) is 0 Å². The van der Waals surface area contributed by atoms with Gasteiger partial charge in [-0.15, -0.1) is 13.2 Å².